The molecule has 10 nitrogen and oxygen atoms in total. The van der Waals surface area contributed by atoms with Crippen molar-refractivity contribution in [2.24, 2.45) is 0 Å². The van der Waals surface area contributed by atoms with Gasteiger partial charge >= 0.3 is 5.97 Å². The van der Waals surface area contributed by atoms with E-state index in [1.807, 2.05) is 20.8 Å². The van der Waals surface area contributed by atoms with Crippen LogP contribution in [0.15, 0.2) is 28.8 Å². The van der Waals surface area contributed by atoms with E-state index in [1.54, 1.807) is 6.07 Å². The van der Waals surface area contributed by atoms with E-state index in [4.69, 9.17) is 9.26 Å². The Hall–Kier alpha value is -3.69. The lowest BCUT2D eigenvalue weighted by molar-refractivity contribution is -0.119. The van der Waals surface area contributed by atoms with Crippen molar-refractivity contribution in [1.29, 1.82) is 0 Å². The molecule has 0 unspecified atom stereocenters. The van der Waals surface area contributed by atoms with Crippen LogP contribution < -0.4 is 16.0 Å². The lowest BCUT2D eigenvalue weighted by Crippen LogP contribution is -2.21. The minimum Gasteiger partial charge on any atom is -0.452 e. The van der Waals surface area contributed by atoms with Crippen LogP contribution in [0.3, 0.4) is 0 Å². The maximum absolute atomic E-state index is 12.3. The number of anilines is 3. The molecule has 0 radical (unpaired) electrons. The van der Waals surface area contributed by atoms with E-state index in [0.29, 0.717) is 17.1 Å². The fraction of sp³-hybridized carbons (Fsp3) is 0.350. The van der Waals surface area contributed by atoms with E-state index in [1.165, 1.54) is 32.0 Å². The van der Waals surface area contributed by atoms with E-state index in [-0.39, 0.29) is 28.7 Å². The Bertz CT molecular complexity index is 940. The van der Waals surface area contributed by atoms with Gasteiger partial charge in [0.05, 0.1) is 11.3 Å². The number of amides is 3. The lowest BCUT2D eigenvalue weighted by atomic mass is 9.92. The zero-order chi connectivity index (χ0) is 22.5. The Morgan fingerprint density at radius 2 is 1.50 bits per heavy atom. The Morgan fingerprint density at radius 3 is 1.97 bits per heavy atom. The molecule has 2 aromatic rings. The third kappa shape index (κ3) is 6.73. The molecule has 0 bridgehead atoms. The molecule has 30 heavy (non-hydrogen) atoms. The highest BCUT2D eigenvalue weighted by Gasteiger charge is 2.20. The molecule has 3 N–H and O–H groups in total. The maximum atomic E-state index is 12.3. The van der Waals surface area contributed by atoms with Gasteiger partial charge in [0.1, 0.15) is 0 Å². The third-order valence-electron chi connectivity index (χ3n) is 3.69. The van der Waals surface area contributed by atoms with Gasteiger partial charge in [0, 0.05) is 36.7 Å². The van der Waals surface area contributed by atoms with Crippen LogP contribution >= 0.6 is 0 Å². The molecular weight excluding hydrogens is 392 g/mol. The van der Waals surface area contributed by atoms with Crippen molar-refractivity contribution >= 4 is 40.9 Å². The molecule has 1 aromatic carbocycles. The number of esters is 1. The summed E-state index contributed by atoms with van der Waals surface area (Å²) >= 11 is 0. The van der Waals surface area contributed by atoms with Crippen LogP contribution in [0.4, 0.5) is 17.3 Å². The lowest BCUT2D eigenvalue weighted by Gasteiger charge is -2.12. The first-order chi connectivity index (χ1) is 13.9. The predicted molar refractivity (Wildman–Crippen MR) is 109 cm³/mol. The number of aromatic nitrogens is 1. The Kier molecular flexibility index (Phi) is 6.93. The molecule has 0 atom stereocenters. The standard InChI is InChI=1S/C20H24N4O6/c1-11(25)21-14-6-13(7-15(8-14)22-12(2)26)19(28)29-10-17(27)23-18-9-16(24-30-18)20(3,4)5/h6-9H,10H2,1-5H3,(H,21,25)(H,22,26)(H,23,27). The largest absolute Gasteiger partial charge is 0.452 e. The van der Waals surface area contributed by atoms with Gasteiger partial charge in [-0.1, -0.05) is 25.9 Å². The first-order valence-electron chi connectivity index (χ1n) is 9.08. The smallest absolute Gasteiger partial charge is 0.338 e. The van der Waals surface area contributed by atoms with Gasteiger partial charge in [-0.05, 0) is 18.2 Å². The van der Waals surface area contributed by atoms with Crippen molar-refractivity contribution in [1.82, 2.24) is 5.16 Å². The normalized spacial score (nSPS) is 10.8. The first-order valence-corrected chi connectivity index (χ1v) is 9.08. The molecule has 2 rings (SSSR count). The molecule has 0 saturated heterocycles. The van der Waals surface area contributed by atoms with E-state index in [0.717, 1.165) is 0 Å². The Morgan fingerprint density at radius 1 is 0.933 bits per heavy atom. The van der Waals surface area contributed by atoms with E-state index < -0.39 is 18.5 Å². The second kappa shape index (κ2) is 9.21. The highest BCUT2D eigenvalue weighted by Crippen LogP contribution is 2.23. The van der Waals surface area contributed by atoms with Gasteiger partial charge in [-0.25, -0.2) is 4.79 Å². The molecule has 0 aliphatic carbocycles. The SMILES string of the molecule is CC(=O)Nc1cc(NC(C)=O)cc(C(=O)OCC(=O)Nc2cc(C(C)(C)C)no2)c1. The molecule has 160 valence electrons. The molecule has 0 fully saturated rings. The summed E-state index contributed by atoms with van der Waals surface area (Å²) in [6.07, 6.45) is 0. The van der Waals surface area contributed by atoms with E-state index >= 15 is 0 Å². The summed E-state index contributed by atoms with van der Waals surface area (Å²) in [4.78, 5) is 47.0. The molecule has 3 amide bonds. The maximum Gasteiger partial charge on any atom is 0.338 e. The second-order valence-corrected chi connectivity index (χ2v) is 7.61. The quantitative estimate of drug-likeness (QED) is 0.615. The van der Waals surface area contributed by atoms with Crippen molar-refractivity contribution in [3.05, 3.63) is 35.5 Å². The number of carbonyl (C=O) groups excluding carboxylic acids is 4. The zero-order valence-electron chi connectivity index (χ0n) is 17.4. The van der Waals surface area contributed by atoms with Gasteiger partial charge in [0.15, 0.2) is 6.61 Å². The van der Waals surface area contributed by atoms with Crippen LogP contribution in [0.1, 0.15) is 50.7 Å². The Balaban J connectivity index is 2.03. The molecule has 1 aromatic heterocycles. The van der Waals surface area contributed by atoms with Crippen molar-refractivity contribution in [2.75, 3.05) is 22.6 Å². The molecule has 1 heterocycles. The molecule has 0 aliphatic rings. The van der Waals surface area contributed by atoms with E-state index in [2.05, 4.69) is 21.1 Å². The van der Waals surface area contributed by atoms with Crippen LogP contribution in [0, 0.1) is 0 Å². The fourth-order valence-electron chi connectivity index (χ4n) is 2.37. The average Bonchev–Trinajstić information content (AvgIpc) is 3.07. The summed E-state index contributed by atoms with van der Waals surface area (Å²) in [6, 6.07) is 5.83. The number of carbonyl (C=O) groups is 4. The van der Waals surface area contributed by atoms with Crippen LogP contribution in [0.25, 0.3) is 0 Å². The van der Waals surface area contributed by atoms with Crippen LogP contribution in [0.2, 0.25) is 0 Å². The first kappa shape index (κ1) is 22.6. The number of ether oxygens (including phenoxy) is 1. The highest BCUT2D eigenvalue weighted by molar-refractivity contribution is 5.99. The van der Waals surface area contributed by atoms with E-state index in [9.17, 15) is 19.2 Å². The number of rotatable bonds is 6. The van der Waals surface area contributed by atoms with Gasteiger partial charge in [-0.3, -0.25) is 19.7 Å². The number of nitrogens with one attached hydrogen (secondary N) is 3. The summed E-state index contributed by atoms with van der Waals surface area (Å²) in [5, 5.41) is 11.4. The van der Waals surface area contributed by atoms with Crippen molar-refractivity contribution in [2.45, 2.75) is 40.0 Å². The van der Waals surface area contributed by atoms with Crippen molar-refractivity contribution in [3.8, 4) is 0 Å². The van der Waals surface area contributed by atoms with Crippen LogP contribution in [0.5, 0.6) is 0 Å². The van der Waals surface area contributed by atoms with Crippen molar-refractivity contribution in [3.63, 3.8) is 0 Å². The summed E-state index contributed by atoms with van der Waals surface area (Å²) < 4.78 is 10.1. The fourth-order valence-corrected chi connectivity index (χ4v) is 2.37. The molecule has 0 aliphatic heterocycles. The van der Waals surface area contributed by atoms with Gasteiger partial charge < -0.3 is 19.9 Å². The number of hydrogen-bond donors (Lipinski definition) is 3. The summed E-state index contributed by atoms with van der Waals surface area (Å²) in [5.74, 6) is -1.98. The van der Waals surface area contributed by atoms with Gasteiger partial charge in [0.2, 0.25) is 17.7 Å². The van der Waals surface area contributed by atoms with Crippen LogP contribution in [-0.2, 0) is 24.5 Å². The Labute approximate surface area is 173 Å². The summed E-state index contributed by atoms with van der Waals surface area (Å²) in [7, 11) is 0. The van der Waals surface area contributed by atoms with Gasteiger partial charge in [-0.15, -0.1) is 0 Å². The molecule has 0 saturated carbocycles. The zero-order valence-corrected chi connectivity index (χ0v) is 17.4. The minimum absolute atomic E-state index is 0.0486. The topological polar surface area (TPSA) is 140 Å². The van der Waals surface area contributed by atoms with Crippen LogP contribution in [-0.4, -0.2) is 35.5 Å². The number of benzene rings is 1. The molecule has 0 spiro atoms. The predicted octanol–water partition coefficient (Wildman–Crippen LogP) is 2.68. The number of nitrogens with zero attached hydrogens (tertiary/aromatic N) is 1. The highest BCUT2D eigenvalue weighted by atomic mass is 16.5. The van der Waals surface area contributed by atoms with Crippen molar-refractivity contribution < 1.29 is 28.4 Å². The molecular formula is C20H24N4O6. The summed E-state index contributed by atoms with van der Waals surface area (Å²) in [5.41, 5.74) is 1.05. The van der Waals surface area contributed by atoms with Gasteiger partial charge in [0.25, 0.3) is 5.91 Å². The molecule has 10 heteroatoms. The third-order valence-corrected chi connectivity index (χ3v) is 3.69. The number of hydrogen-bond acceptors (Lipinski definition) is 7. The second-order valence-electron chi connectivity index (χ2n) is 7.61. The monoisotopic (exact) mass is 416 g/mol. The average molecular weight is 416 g/mol. The summed E-state index contributed by atoms with van der Waals surface area (Å²) in [6.45, 7) is 7.89. The van der Waals surface area contributed by atoms with Gasteiger partial charge in [-0.2, -0.15) is 0 Å². The minimum atomic E-state index is -0.808.